The molecule has 2 atom stereocenters. The molecule has 0 saturated heterocycles. The van der Waals surface area contributed by atoms with Gasteiger partial charge >= 0.3 is 0 Å². The van der Waals surface area contributed by atoms with Gasteiger partial charge in [0, 0.05) is 6.42 Å². The van der Waals surface area contributed by atoms with Crippen molar-refractivity contribution in [2.45, 2.75) is 51.6 Å². The molecular formula is C26H26FN. The van der Waals surface area contributed by atoms with Crippen molar-refractivity contribution >= 4 is 10.8 Å². The van der Waals surface area contributed by atoms with Gasteiger partial charge in [0.15, 0.2) is 0 Å². The summed E-state index contributed by atoms with van der Waals surface area (Å²) in [4.78, 5) is 0. The molecule has 0 aliphatic heterocycles. The minimum atomic E-state index is -0.729. The standard InChI is InChI=1S/C26H26FN/c1-2-3-4-5-23-15-22-11-10-21-14-20(19-8-6-18(17-28)7-9-19)12-13-24(21)25(22)16-26(23)27/h6-14,23,26H,2-5,15-16H2,1H3/t23-,26-/m1/s1. The molecule has 0 amide bonds. The highest BCUT2D eigenvalue weighted by molar-refractivity contribution is 5.91. The lowest BCUT2D eigenvalue weighted by Gasteiger charge is -2.29. The first-order valence-electron chi connectivity index (χ1n) is 10.4. The van der Waals surface area contributed by atoms with E-state index in [0.29, 0.717) is 12.0 Å². The van der Waals surface area contributed by atoms with Crippen LogP contribution in [0.25, 0.3) is 21.9 Å². The van der Waals surface area contributed by atoms with Crippen molar-refractivity contribution in [3.8, 4) is 17.2 Å². The number of hydrogen-bond donors (Lipinski definition) is 0. The van der Waals surface area contributed by atoms with Crippen LogP contribution in [0.3, 0.4) is 0 Å². The van der Waals surface area contributed by atoms with Crippen LogP contribution in [0.1, 0.15) is 49.3 Å². The lowest BCUT2D eigenvalue weighted by molar-refractivity contribution is 0.199. The lowest BCUT2D eigenvalue weighted by Crippen LogP contribution is -2.27. The van der Waals surface area contributed by atoms with Gasteiger partial charge in [-0.2, -0.15) is 5.26 Å². The van der Waals surface area contributed by atoms with Crippen LogP contribution in [0.4, 0.5) is 4.39 Å². The molecule has 2 heteroatoms. The zero-order valence-corrected chi connectivity index (χ0v) is 16.4. The number of unbranched alkanes of at least 4 members (excludes halogenated alkanes) is 2. The van der Waals surface area contributed by atoms with E-state index in [4.69, 9.17) is 5.26 Å². The SMILES string of the molecule is CCCCC[C@@H]1Cc2ccc3cc(-c4ccc(C#N)cc4)ccc3c2C[C@H]1F. The number of hydrogen-bond acceptors (Lipinski definition) is 1. The fourth-order valence-electron chi connectivity index (χ4n) is 4.50. The Kier molecular flexibility index (Phi) is 5.44. The Hall–Kier alpha value is -2.66. The summed E-state index contributed by atoms with van der Waals surface area (Å²) < 4.78 is 14.9. The Bertz CT molecular complexity index is 1010. The van der Waals surface area contributed by atoms with Gasteiger partial charge in [-0.25, -0.2) is 4.39 Å². The summed E-state index contributed by atoms with van der Waals surface area (Å²) in [5.74, 6) is 0.175. The topological polar surface area (TPSA) is 23.8 Å². The van der Waals surface area contributed by atoms with Crippen molar-refractivity contribution in [3.63, 3.8) is 0 Å². The third-order valence-corrected chi connectivity index (χ3v) is 6.15. The first kappa shape index (κ1) is 18.7. The van der Waals surface area contributed by atoms with Crippen molar-refractivity contribution in [1.82, 2.24) is 0 Å². The molecule has 0 bridgehead atoms. The average molecular weight is 371 g/mol. The first-order chi connectivity index (χ1) is 13.7. The molecule has 28 heavy (non-hydrogen) atoms. The van der Waals surface area contributed by atoms with Gasteiger partial charge < -0.3 is 0 Å². The van der Waals surface area contributed by atoms with Crippen LogP contribution in [0.15, 0.2) is 54.6 Å². The molecule has 0 unspecified atom stereocenters. The van der Waals surface area contributed by atoms with E-state index >= 15 is 0 Å². The molecule has 0 N–H and O–H groups in total. The molecule has 0 radical (unpaired) electrons. The normalized spacial score (nSPS) is 18.6. The van der Waals surface area contributed by atoms with Crippen LogP contribution in [0.2, 0.25) is 0 Å². The van der Waals surface area contributed by atoms with Gasteiger partial charge in [0.1, 0.15) is 6.17 Å². The molecule has 1 aliphatic rings. The lowest BCUT2D eigenvalue weighted by atomic mass is 9.78. The van der Waals surface area contributed by atoms with Crippen LogP contribution in [-0.2, 0) is 12.8 Å². The fourth-order valence-corrected chi connectivity index (χ4v) is 4.50. The Morgan fingerprint density at radius 1 is 0.964 bits per heavy atom. The number of halogens is 1. The summed E-state index contributed by atoms with van der Waals surface area (Å²) in [6.07, 6.45) is 5.21. The third kappa shape index (κ3) is 3.67. The van der Waals surface area contributed by atoms with Crippen LogP contribution < -0.4 is 0 Å². The minimum absolute atomic E-state index is 0.175. The minimum Gasteiger partial charge on any atom is -0.247 e. The predicted octanol–water partition coefficient (Wildman–Crippen LogP) is 7.01. The number of fused-ring (bicyclic) bond motifs is 3. The molecule has 0 spiro atoms. The quantitative estimate of drug-likeness (QED) is 0.442. The number of alkyl halides is 1. The third-order valence-electron chi connectivity index (χ3n) is 6.15. The molecule has 0 heterocycles. The highest BCUT2D eigenvalue weighted by Crippen LogP contribution is 2.36. The zero-order chi connectivity index (χ0) is 19.5. The van der Waals surface area contributed by atoms with Gasteiger partial charge in [-0.3, -0.25) is 0 Å². The maximum Gasteiger partial charge on any atom is 0.107 e. The van der Waals surface area contributed by atoms with E-state index in [1.807, 2.05) is 24.3 Å². The molecular weight excluding hydrogens is 345 g/mol. The van der Waals surface area contributed by atoms with Crippen LogP contribution >= 0.6 is 0 Å². The van der Waals surface area contributed by atoms with Crippen molar-refractivity contribution < 1.29 is 4.39 Å². The Labute approximate surface area is 166 Å². The highest BCUT2D eigenvalue weighted by atomic mass is 19.1. The summed E-state index contributed by atoms with van der Waals surface area (Å²) in [5, 5.41) is 11.3. The number of nitriles is 1. The first-order valence-corrected chi connectivity index (χ1v) is 10.4. The summed E-state index contributed by atoms with van der Waals surface area (Å²) in [6.45, 7) is 2.20. The van der Waals surface area contributed by atoms with Gasteiger partial charge in [-0.1, -0.05) is 62.6 Å². The van der Waals surface area contributed by atoms with E-state index in [0.717, 1.165) is 35.8 Å². The summed E-state index contributed by atoms with van der Waals surface area (Å²) in [5.41, 5.74) is 5.41. The predicted molar refractivity (Wildman–Crippen MR) is 114 cm³/mol. The largest absolute Gasteiger partial charge is 0.247 e. The number of nitrogens with zero attached hydrogens (tertiary/aromatic N) is 1. The summed E-state index contributed by atoms with van der Waals surface area (Å²) >= 11 is 0. The van der Waals surface area contributed by atoms with Gasteiger partial charge in [-0.05, 0) is 70.0 Å². The van der Waals surface area contributed by atoms with Crippen molar-refractivity contribution in [2.24, 2.45) is 5.92 Å². The molecule has 4 rings (SSSR count). The zero-order valence-electron chi connectivity index (χ0n) is 16.4. The monoisotopic (exact) mass is 371 g/mol. The van der Waals surface area contributed by atoms with Crippen LogP contribution in [0, 0.1) is 17.2 Å². The Morgan fingerprint density at radius 2 is 1.75 bits per heavy atom. The van der Waals surface area contributed by atoms with Crippen molar-refractivity contribution in [2.75, 3.05) is 0 Å². The van der Waals surface area contributed by atoms with Gasteiger partial charge in [0.05, 0.1) is 11.6 Å². The second-order valence-electron chi connectivity index (χ2n) is 8.01. The van der Waals surface area contributed by atoms with E-state index in [-0.39, 0.29) is 5.92 Å². The molecule has 1 nitrogen and oxygen atoms in total. The molecule has 0 fully saturated rings. The smallest absolute Gasteiger partial charge is 0.107 e. The van der Waals surface area contributed by atoms with E-state index in [1.54, 1.807) is 0 Å². The molecule has 3 aromatic rings. The molecule has 0 saturated carbocycles. The molecule has 142 valence electrons. The highest BCUT2D eigenvalue weighted by Gasteiger charge is 2.29. The van der Waals surface area contributed by atoms with Gasteiger partial charge in [-0.15, -0.1) is 0 Å². The van der Waals surface area contributed by atoms with Gasteiger partial charge in [0.25, 0.3) is 0 Å². The van der Waals surface area contributed by atoms with Crippen molar-refractivity contribution in [3.05, 3.63) is 71.3 Å². The van der Waals surface area contributed by atoms with Crippen molar-refractivity contribution in [1.29, 1.82) is 5.26 Å². The number of rotatable bonds is 5. The van der Waals surface area contributed by atoms with E-state index < -0.39 is 6.17 Å². The van der Waals surface area contributed by atoms with E-state index in [9.17, 15) is 4.39 Å². The van der Waals surface area contributed by atoms with Gasteiger partial charge in [0.2, 0.25) is 0 Å². The van der Waals surface area contributed by atoms with E-state index in [1.165, 1.54) is 29.4 Å². The maximum atomic E-state index is 14.9. The maximum absolute atomic E-state index is 14.9. The Balaban J connectivity index is 1.63. The molecule has 1 aliphatic carbocycles. The average Bonchev–Trinajstić information content (AvgIpc) is 2.74. The second kappa shape index (κ2) is 8.15. The van der Waals surface area contributed by atoms with E-state index in [2.05, 4.69) is 43.3 Å². The summed E-state index contributed by atoms with van der Waals surface area (Å²) in [6, 6.07) is 20.6. The fraction of sp³-hybridized carbons (Fsp3) is 0.346. The molecule has 0 aromatic heterocycles. The van der Waals surface area contributed by atoms with Crippen LogP contribution in [0.5, 0.6) is 0 Å². The summed E-state index contributed by atoms with van der Waals surface area (Å²) in [7, 11) is 0. The van der Waals surface area contributed by atoms with Crippen LogP contribution in [-0.4, -0.2) is 6.17 Å². The second-order valence-corrected chi connectivity index (χ2v) is 8.01. The Morgan fingerprint density at radius 3 is 2.50 bits per heavy atom. The molecule has 3 aromatic carbocycles. The number of benzene rings is 3.